The van der Waals surface area contributed by atoms with Gasteiger partial charge in [-0.2, -0.15) is 13.2 Å². The fourth-order valence-corrected chi connectivity index (χ4v) is 4.69. The molecule has 2 N–H and O–H groups in total. The molecule has 2 aromatic rings. The van der Waals surface area contributed by atoms with Gasteiger partial charge in [-0.15, -0.1) is 0 Å². The highest BCUT2D eigenvalue weighted by molar-refractivity contribution is 6.79. The van der Waals surface area contributed by atoms with Crippen LogP contribution in [0.2, 0.25) is 18.1 Å². The number of hydrogen-bond acceptors (Lipinski definition) is 2. The third kappa shape index (κ3) is 2.33. The van der Waals surface area contributed by atoms with E-state index in [4.69, 9.17) is 0 Å². The lowest BCUT2D eigenvalue weighted by Crippen LogP contribution is -2.45. The van der Waals surface area contributed by atoms with Gasteiger partial charge in [0.25, 0.3) is 0 Å². The van der Waals surface area contributed by atoms with E-state index in [0.29, 0.717) is 0 Å². The van der Waals surface area contributed by atoms with E-state index >= 15 is 0 Å². The van der Waals surface area contributed by atoms with Crippen molar-refractivity contribution in [3.8, 4) is 0 Å². The minimum absolute atomic E-state index is 0.0900. The summed E-state index contributed by atoms with van der Waals surface area (Å²) in [7, 11) is -1.91. The van der Waals surface area contributed by atoms with Crippen molar-refractivity contribution in [3.63, 3.8) is 0 Å². The second kappa shape index (κ2) is 4.61. The van der Waals surface area contributed by atoms with Gasteiger partial charge in [-0.05, 0) is 28.8 Å². The first kappa shape index (κ1) is 16.5. The van der Waals surface area contributed by atoms with Crippen LogP contribution in [0.5, 0.6) is 0 Å². The summed E-state index contributed by atoms with van der Waals surface area (Å²) in [5, 5.41) is 1.06. The second-order valence-corrected chi connectivity index (χ2v) is 12.9. The van der Waals surface area contributed by atoms with Crippen LogP contribution in [0.1, 0.15) is 26.3 Å². The number of nitrogens with zero attached hydrogens (tertiary/aromatic N) is 1. The van der Waals surface area contributed by atoms with Crippen molar-refractivity contribution in [3.05, 3.63) is 36.0 Å². The van der Waals surface area contributed by atoms with Crippen molar-refractivity contribution in [2.45, 2.75) is 50.7 Å². The summed E-state index contributed by atoms with van der Waals surface area (Å²) in [6.45, 7) is 11.1. The Hall–Kier alpha value is -1.31. The predicted molar refractivity (Wildman–Crippen MR) is 88.5 cm³/mol. The van der Waals surface area contributed by atoms with Gasteiger partial charge in [0, 0.05) is 11.1 Å². The lowest BCUT2D eigenvalue weighted by atomic mass is 10.0. The Balaban J connectivity index is 2.16. The van der Waals surface area contributed by atoms with Gasteiger partial charge < -0.3 is 4.23 Å². The van der Waals surface area contributed by atoms with Crippen molar-refractivity contribution in [2.75, 3.05) is 0 Å². The molecule has 0 spiro atoms. The number of fused-ring (bicyclic) bond motifs is 1. The molecule has 0 radical (unpaired) electrons. The van der Waals surface area contributed by atoms with Gasteiger partial charge in [-0.1, -0.05) is 46.0 Å². The Morgan fingerprint density at radius 3 is 2.13 bits per heavy atom. The van der Waals surface area contributed by atoms with Crippen molar-refractivity contribution in [2.24, 2.45) is 0 Å². The van der Waals surface area contributed by atoms with Crippen LogP contribution in [0.3, 0.4) is 0 Å². The molecule has 1 fully saturated rings. The lowest BCUT2D eigenvalue weighted by molar-refractivity contribution is -0.165. The van der Waals surface area contributed by atoms with E-state index in [-0.39, 0.29) is 10.6 Å². The molecule has 1 saturated heterocycles. The summed E-state index contributed by atoms with van der Waals surface area (Å²) >= 11 is 0. The van der Waals surface area contributed by atoms with E-state index in [1.807, 2.05) is 12.3 Å². The average molecular weight is 341 g/mol. The van der Waals surface area contributed by atoms with E-state index in [1.165, 1.54) is 0 Å². The lowest BCUT2D eigenvalue weighted by Gasteiger charge is -2.38. The van der Waals surface area contributed by atoms with Crippen molar-refractivity contribution >= 4 is 19.1 Å². The molecule has 23 heavy (non-hydrogen) atoms. The first-order valence-electron chi connectivity index (χ1n) is 7.63. The fraction of sp³-hybridized carbons (Fsp3) is 0.500. The van der Waals surface area contributed by atoms with Crippen molar-refractivity contribution < 1.29 is 13.2 Å². The normalized spacial score (nSPS) is 18.4. The summed E-state index contributed by atoms with van der Waals surface area (Å²) < 4.78 is 42.1. The number of nitrogens with one attached hydrogen (secondary N) is 2. The predicted octanol–water partition coefficient (Wildman–Crippen LogP) is 4.32. The molecule has 0 unspecified atom stereocenters. The van der Waals surface area contributed by atoms with Crippen LogP contribution >= 0.6 is 0 Å². The molecule has 0 saturated carbocycles. The van der Waals surface area contributed by atoms with E-state index in [0.717, 1.165) is 10.9 Å². The Morgan fingerprint density at radius 1 is 1.04 bits per heavy atom. The van der Waals surface area contributed by atoms with Gasteiger partial charge in [-0.3, -0.25) is 0 Å². The van der Waals surface area contributed by atoms with Crippen LogP contribution in [0.15, 0.2) is 30.5 Å². The minimum atomic E-state index is -4.38. The monoisotopic (exact) mass is 341 g/mol. The van der Waals surface area contributed by atoms with Crippen molar-refractivity contribution in [1.82, 2.24) is 15.1 Å². The maximum absolute atomic E-state index is 13.3. The van der Waals surface area contributed by atoms with E-state index in [1.54, 1.807) is 18.2 Å². The SMILES string of the molecule is CC(C)(C)[Si](C)(C)n1ccc2ccc(C3(C(F)(F)F)NN3)cc21. The van der Waals surface area contributed by atoms with Gasteiger partial charge in [0.2, 0.25) is 5.66 Å². The summed E-state index contributed by atoms with van der Waals surface area (Å²) in [6, 6.07) is 6.95. The number of benzene rings is 1. The molecule has 0 aliphatic carbocycles. The highest BCUT2D eigenvalue weighted by Crippen LogP contribution is 2.44. The van der Waals surface area contributed by atoms with Gasteiger partial charge >= 0.3 is 6.18 Å². The standard InChI is InChI=1S/C16H22F3N3Si/c1-14(2,3)23(4,5)22-9-8-11-6-7-12(10-13(11)22)15(20-21-15)16(17,18)19/h6-10,20-21H,1-5H3. The minimum Gasteiger partial charge on any atom is -0.374 e. The van der Waals surface area contributed by atoms with E-state index in [2.05, 4.69) is 48.9 Å². The molecule has 7 heteroatoms. The number of hydrogen-bond donors (Lipinski definition) is 2. The molecular formula is C16H22F3N3Si. The molecule has 1 aliphatic heterocycles. The van der Waals surface area contributed by atoms with Crippen LogP contribution in [0, 0.1) is 0 Å². The largest absolute Gasteiger partial charge is 0.426 e. The maximum Gasteiger partial charge on any atom is 0.426 e. The Bertz CT molecular complexity index is 752. The first-order valence-corrected chi connectivity index (χ1v) is 10.6. The third-order valence-electron chi connectivity index (χ3n) is 5.36. The second-order valence-electron chi connectivity index (χ2n) is 7.77. The highest BCUT2D eigenvalue weighted by atomic mass is 28.3. The topological polar surface area (TPSA) is 48.8 Å². The zero-order chi connectivity index (χ0) is 17.3. The molecule has 0 amide bonds. The summed E-state index contributed by atoms with van der Waals surface area (Å²) in [4.78, 5) is 0. The van der Waals surface area contributed by atoms with Crippen LogP contribution in [0.4, 0.5) is 13.2 Å². The van der Waals surface area contributed by atoms with Crippen LogP contribution in [-0.4, -0.2) is 18.6 Å². The fourth-order valence-electron chi connectivity index (χ4n) is 2.72. The number of hydrazine groups is 1. The maximum atomic E-state index is 13.3. The molecule has 3 nitrogen and oxygen atoms in total. The van der Waals surface area contributed by atoms with Gasteiger partial charge in [0.05, 0.1) is 0 Å². The van der Waals surface area contributed by atoms with Gasteiger partial charge in [0.15, 0.2) is 8.24 Å². The first-order chi connectivity index (χ1) is 10.4. The summed E-state index contributed by atoms with van der Waals surface area (Å²) in [5.74, 6) is 0. The van der Waals surface area contributed by atoms with E-state index < -0.39 is 20.1 Å². The van der Waals surface area contributed by atoms with Crippen LogP contribution in [-0.2, 0) is 5.66 Å². The average Bonchev–Trinajstić information content (AvgIpc) is 3.11. The number of alkyl halides is 3. The zero-order valence-electron chi connectivity index (χ0n) is 14.0. The van der Waals surface area contributed by atoms with Crippen molar-refractivity contribution in [1.29, 1.82) is 0 Å². The van der Waals surface area contributed by atoms with Gasteiger partial charge in [-0.25, -0.2) is 10.9 Å². The number of rotatable bonds is 2. The molecule has 3 rings (SSSR count). The van der Waals surface area contributed by atoms with Crippen LogP contribution in [0.25, 0.3) is 10.9 Å². The molecule has 1 aromatic carbocycles. The number of halogens is 3. The molecule has 2 heterocycles. The molecule has 0 bridgehead atoms. The molecule has 126 valence electrons. The Kier molecular flexibility index (Phi) is 3.32. The third-order valence-corrected chi connectivity index (χ3v) is 10.6. The Labute approximate surface area is 134 Å². The molecular weight excluding hydrogens is 319 g/mol. The zero-order valence-corrected chi connectivity index (χ0v) is 15.0. The quantitative estimate of drug-likeness (QED) is 0.631. The molecule has 1 aromatic heterocycles. The molecule has 0 atom stereocenters. The number of aromatic nitrogens is 1. The van der Waals surface area contributed by atoms with E-state index in [9.17, 15) is 13.2 Å². The summed E-state index contributed by atoms with van der Waals surface area (Å²) in [5.41, 5.74) is 3.52. The summed E-state index contributed by atoms with van der Waals surface area (Å²) in [6.07, 6.45) is -2.37. The smallest absolute Gasteiger partial charge is 0.374 e. The highest BCUT2D eigenvalue weighted by Gasteiger charge is 2.65. The van der Waals surface area contributed by atoms with Gasteiger partial charge in [0.1, 0.15) is 0 Å². The molecule has 1 aliphatic rings. The Morgan fingerprint density at radius 2 is 1.65 bits per heavy atom. The van der Waals surface area contributed by atoms with Crippen LogP contribution < -0.4 is 10.9 Å².